The summed E-state index contributed by atoms with van der Waals surface area (Å²) in [5, 5.41) is 36.0. The van der Waals surface area contributed by atoms with Gasteiger partial charge >= 0.3 is 17.9 Å². The predicted molar refractivity (Wildman–Crippen MR) is 137 cm³/mol. The molecule has 11 heteroatoms. The number of thiophene rings is 1. The molecule has 3 aromatic rings. The van der Waals surface area contributed by atoms with Crippen molar-refractivity contribution in [1.29, 1.82) is 0 Å². The minimum absolute atomic E-state index is 0.882. The Morgan fingerprint density at radius 1 is 0.892 bits per heavy atom. The highest BCUT2D eigenvalue weighted by molar-refractivity contribution is 7.09. The van der Waals surface area contributed by atoms with Crippen molar-refractivity contribution < 1.29 is 34.8 Å². The molecule has 37 heavy (non-hydrogen) atoms. The zero-order valence-electron chi connectivity index (χ0n) is 20.5. The highest BCUT2D eigenvalue weighted by Gasteiger charge is 2.40. The van der Waals surface area contributed by atoms with Crippen LogP contribution in [0.2, 0.25) is 0 Å². The van der Waals surface area contributed by atoms with E-state index in [0.29, 0.717) is 0 Å². The predicted octanol–water partition coefficient (Wildman–Crippen LogP) is 3.10. The third-order valence-electron chi connectivity index (χ3n) is 5.29. The van der Waals surface area contributed by atoms with Crippen molar-refractivity contribution in [2.75, 3.05) is 6.54 Å². The minimum atomic E-state index is -2.74. The number of aryl methyl sites for hydroxylation is 1. The second-order valence-electron chi connectivity index (χ2n) is 8.36. The van der Waals surface area contributed by atoms with Gasteiger partial charge in [-0.25, -0.2) is 14.8 Å². The molecule has 0 aliphatic rings. The van der Waals surface area contributed by atoms with Gasteiger partial charge in [-0.05, 0) is 23.4 Å². The fourth-order valence-corrected chi connectivity index (χ4v) is 4.13. The fourth-order valence-electron chi connectivity index (χ4n) is 3.39. The zero-order chi connectivity index (χ0) is 27.3. The topological polar surface area (TPSA) is 161 Å². The molecular formula is C26H31N3O7S. The zero-order valence-corrected chi connectivity index (χ0v) is 21.3. The number of hydrogen-bond acceptors (Lipinski definition) is 8. The second kappa shape index (κ2) is 14.8. The summed E-state index contributed by atoms with van der Waals surface area (Å²) >= 11 is 1.82. The summed E-state index contributed by atoms with van der Waals surface area (Å²) in [6.07, 6.45) is 3.59. The number of aromatic nitrogens is 2. The van der Waals surface area contributed by atoms with Gasteiger partial charge in [-0.1, -0.05) is 43.3 Å². The summed E-state index contributed by atoms with van der Waals surface area (Å²) in [7, 11) is 0. The van der Waals surface area contributed by atoms with E-state index in [0.717, 1.165) is 38.3 Å². The maximum Gasteiger partial charge on any atom is 0.336 e. The summed E-state index contributed by atoms with van der Waals surface area (Å²) in [6.45, 7) is 4.96. The standard InChI is InChI=1S/C20H23N3S.C6H8O7/c1-2-20-21-13-18(14-22-20)15-23(16-19-9-6-12-24-19)11-10-17-7-4-3-5-8-17;7-3(8)1-6(13,5(11)12)2-4(9)10/h3-9,12-14H,2,10-11,15-16H2,1H3;13H,1-2H2,(H,7,8)(H,9,10)(H,11,12). The number of rotatable bonds is 13. The number of hydrogen-bond donors (Lipinski definition) is 4. The van der Waals surface area contributed by atoms with Crippen molar-refractivity contribution in [3.63, 3.8) is 0 Å². The largest absolute Gasteiger partial charge is 0.481 e. The molecule has 0 bridgehead atoms. The number of aliphatic carboxylic acids is 3. The van der Waals surface area contributed by atoms with Crippen LogP contribution in [0.25, 0.3) is 0 Å². The van der Waals surface area contributed by atoms with Crippen LogP contribution in [0.15, 0.2) is 60.2 Å². The highest BCUT2D eigenvalue weighted by atomic mass is 32.1. The van der Waals surface area contributed by atoms with Crippen molar-refractivity contribution in [2.45, 2.75) is 51.3 Å². The molecule has 0 aliphatic heterocycles. The Hall–Kier alpha value is -3.67. The quantitative estimate of drug-likeness (QED) is 0.259. The highest BCUT2D eigenvalue weighted by Crippen LogP contribution is 2.16. The Bertz CT molecular complexity index is 1110. The average molecular weight is 530 g/mol. The molecule has 2 aromatic heterocycles. The number of nitrogens with zero attached hydrogens (tertiary/aromatic N) is 3. The van der Waals surface area contributed by atoms with E-state index in [-0.39, 0.29) is 0 Å². The smallest absolute Gasteiger partial charge is 0.336 e. The first kappa shape index (κ1) is 29.6. The fraction of sp³-hybridized carbons (Fsp3) is 0.346. The molecule has 3 rings (SSSR count). The lowest BCUT2D eigenvalue weighted by molar-refractivity contribution is -0.170. The van der Waals surface area contributed by atoms with Crippen LogP contribution in [0.1, 0.15) is 41.6 Å². The summed E-state index contributed by atoms with van der Waals surface area (Å²) in [6, 6.07) is 15.0. The molecule has 0 fully saturated rings. The SMILES string of the molecule is CCc1ncc(CN(CCc2ccccc2)Cc2cccs2)cn1.O=C(O)CC(O)(CC(=O)O)C(=O)O. The number of carboxylic acids is 3. The summed E-state index contributed by atoms with van der Waals surface area (Å²) < 4.78 is 0. The molecule has 0 amide bonds. The molecule has 1 aromatic carbocycles. The van der Waals surface area contributed by atoms with Gasteiger partial charge < -0.3 is 20.4 Å². The maximum atomic E-state index is 10.3. The molecule has 0 radical (unpaired) electrons. The monoisotopic (exact) mass is 529 g/mol. The average Bonchev–Trinajstić information content (AvgIpc) is 3.36. The Kier molecular flexibility index (Phi) is 11.8. The van der Waals surface area contributed by atoms with E-state index >= 15 is 0 Å². The third-order valence-corrected chi connectivity index (χ3v) is 6.15. The molecule has 0 unspecified atom stereocenters. The van der Waals surface area contributed by atoms with Crippen LogP contribution in [0.5, 0.6) is 0 Å². The first-order valence-electron chi connectivity index (χ1n) is 11.6. The lowest BCUT2D eigenvalue weighted by atomic mass is 9.96. The van der Waals surface area contributed by atoms with Crippen LogP contribution < -0.4 is 0 Å². The van der Waals surface area contributed by atoms with Gasteiger partial charge in [0.15, 0.2) is 5.60 Å². The van der Waals surface area contributed by atoms with Gasteiger partial charge in [-0.15, -0.1) is 11.3 Å². The molecule has 0 saturated carbocycles. The van der Waals surface area contributed by atoms with Crippen LogP contribution in [0.4, 0.5) is 0 Å². The second-order valence-corrected chi connectivity index (χ2v) is 9.40. The van der Waals surface area contributed by atoms with Gasteiger partial charge in [0.25, 0.3) is 0 Å². The molecule has 0 aliphatic carbocycles. The summed E-state index contributed by atoms with van der Waals surface area (Å²) in [5.74, 6) is -4.11. The van der Waals surface area contributed by atoms with E-state index in [2.05, 4.69) is 69.6 Å². The van der Waals surface area contributed by atoms with Gasteiger partial charge in [0.05, 0.1) is 12.8 Å². The molecule has 0 atom stereocenters. The van der Waals surface area contributed by atoms with E-state index in [1.807, 2.05) is 23.7 Å². The first-order valence-corrected chi connectivity index (χ1v) is 12.5. The van der Waals surface area contributed by atoms with E-state index in [9.17, 15) is 14.4 Å². The minimum Gasteiger partial charge on any atom is -0.481 e. The Labute approximate surface area is 218 Å². The van der Waals surface area contributed by atoms with Gasteiger partial charge in [-0.2, -0.15) is 0 Å². The molecule has 2 heterocycles. The van der Waals surface area contributed by atoms with E-state index in [4.69, 9.17) is 20.4 Å². The van der Waals surface area contributed by atoms with Crippen molar-refractivity contribution in [1.82, 2.24) is 14.9 Å². The maximum absolute atomic E-state index is 10.3. The van der Waals surface area contributed by atoms with Crippen LogP contribution in [-0.2, 0) is 40.3 Å². The number of aliphatic hydroxyl groups is 1. The van der Waals surface area contributed by atoms with Gasteiger partial charge in [0.1, 0.15) is 5.82 Å². The Balaban J connectivity index is 0.000000317. The van der Waals surface area contributed by atoms with E-state index < -0.39 is 36.4 Å². The number of carboxylic acid groups (broad SMARTS) is 3. The molecule has 0 spiro atoms. The normalized spacial score (nSPS) is 11.0. The molecule has 0 saturated heterocycles. The van der Waals surface area contributed by atoms with Gasteiger partial charge in [-0.3, -0.25) is 14.5 Å². The molecule has 4 N–H and O–H groups in total. The van der Waals surface area contributed by atoms with Crippen molar-refractivity contribution >= 4 is 29.2 Å². The Morgan fingerprint density at radius 2 is 1.51 bits per heavy atom. The Morgan fingerprint density at radius 3 is 2.00 bits per heavy atom. The van der Waals surface area contributed by atoms with Crippen molar-refractivity contribution in [3.05, 3.63) is 82.1 Å². The molecular weight excluding hydrogens is 498 g/mol. The lowest BCUT2D eigenvalue weighted by Gasteiger charge is -2.21. The van der Waals surface area contributed by atoms with Crippen LogP contribution in [0, 0.1) is 0 Å². The molecule has 198 valence electrons. The van der Waals surface area contributed by atoms with E-state index in [1.54, 1.807) is 0 Å². The summed E-state index contributed by atoms with van der Waals surface area (Å²) in [4.78, 5) is 43.2. The van der Waals surface area contributed by atoms with Crippen molar-refractivity contribution in [3.8, 4) is 0 Å². The van der Waals surface area contributed by atoms with Crippen LogP contribution in [-0.4, -0.2) is 65.3 Å². The van der Waals surface area contributed by atoms with Gasteiger partial charge in [0.2, 0.25) is 0 Å². The lowest BCUT2D eigenvalue weighted by Crippen LogP contribution is -2.42. The van der Waals surface area contributed by atoms with Crippen LogP contribution >= 0.6 is 11.3 Å². The number of benzene rings is 1. The first-order chi connectivity index (χ1) is 17.6. The third kappa shape index (κ3) is 10.9. The summed E-state index contributed by atoms with van der Waals surface area (Å²) in [5.41, 5.74) is -0.180. The molecule has 10 nitrogen and oxygen atoms in total. The number of carbonyl (C=O) groups is 3. The van der Waals surface area contributed by atoms with Gasteiger partial charge in [0, 0.05) is 48.9 Å². The van der Waals surface area contributed by atoms with Crippen LogP contribution in [0.3, 0.4) is 0 Å². The van der Waals surface area contributed by atoms with E-state index in [1.165, 1.54) is 16.0 Å². The van der Waals surface area contributed by atoms with Crippen molar-refractivity contribution in [2.24, 2.45) is 0 Å².